The average Bonchev–Trinajstić information content (AvgIpc) is 2.55. The van der Waals surface area contributed by atoms with E-state index in [-0.39, 0.29) is 17.9 Å². The average molecular weight is 364 g/mol. The Balaban J connectivity index is 2.33. The number of halogens is 1. The van der Waals surface area contributed by atoms with Gasteiger partial charge in [-0.05, 0) is 24.6 Å². The number of anilines is 1. The number of hydrogen-bond acceptors (Lipinski definition) is 5. The molecule has 6 nitrogen and oxygen atoms in total. The van der Waals surface area contributed by atoms with Crippen LogP contribution in [-0.2, 0) is 10.0 Å². The van der Waals surface area contributed by atoms with Crippen molar-refractivity contribution >= 4 is 26.6 Å². The van der Waals surface area contributed by atoms with Gasteiger partial charge in [0.2, 0.25) is 10.0 Å². The number of nitrogens with zero attached hydrogens (tertiary/aromatic N) is 3. The molecule has 1 N–H and O–H groups in total. The lowest BCUT2D eigenvalue weighted by molar-refractivity contribution is 0.446. The highest BCUT2D eigenvalue weighted by molar-refractivity contribution is 7.89. The number of rotatable bonds is 7. The first kappa shape index (κ1) is 19.1. The molecular weight excluding hydrogens is 343 g/mol. The second-order valence-electron chi connectivity index (χ2n) is 5.60. The van der Waals surface area contributed by atoms with Crippen molar-refractivity contribution in [3.8, 4) is 6.07 Å². The second-order valence-corrected chi connectivity index (χ2v) is 7.69. The van der Waals surface area contributed by atoms with Gasteiger partial charge in [-0.1, -0.05) is 13.8 Å². The van der Waals surface area contributed by atoms with Gasteiger partial charge in [0.15, 0.2) is 0 Å². The molecule has 0 radical (unpaired) electrons. The first-order valence-electron chi connectivity index (χ1n) is 8.04. The van der Waals surface area contributed by atoms with E-state index in [9.17, 15) is 18.1 Å². The molecule has 0 saturated carbocycles. The molecule has 2 aromatic rings. The molecule has 1 heterocycles. The zero-order valence-electron chi connectivity index (χ0n) is 14.5. The van der Waals surface area contributed by atoms with Crippen molar-refractivity contribution in [3.05, 3.63) is 35.3 Å². The molecule has 0 aliphatic carbocycles. The van der Waals surface area contributed by atoms with E-state index >= 15 is 0 Å². The maximum atomic E-state index is 13.8. The Bertz CT molecular complexity index is 918. The lowest BCUT2D eigenvalue weighted by Gasteiger charge is -2.19. The molecule has 0 saturated heterocycles. The van der Waals surface area contributed by atoms with E-state index in [0.29, 0.717) is 35.2 Å². The van der Waals surface area contributed by atoms with Crippen molar-refractivity contribution in [2.75, 3.05) is 30.7 Å². The van der Waals surface area contributed by atoms with Gasteiger partial charge < -0.3 is 5.32 Å². The highest BCUT2D eigenvalue weighted by atomic mass is 32.2. The molecular formula is C17H21FN4O2S. The zero-order valence-corrected chi connectivity index (χ0v) is 15.3. The van der Waals surface area contributed by atoms with Gasteiger partial charge in [0, 0.05) is 31.2 Å². The Morgan fingerprint density at radius 3 is 2.60 bits per heavy atom. The number of aromatic nitrogens is 1. The summed E-state index contributed by atoms with van der Waals surface area (Å²) in [6.07, 6.45) is 1.41. The Kier molecular flexibility index (Phi) is 5.93. The minimum Gasteiger partial charge on any atom is -0.382 e. The number of fused-ring (bicyclic) bond motifs is 1. The van der Waals surface area contributed by atoms with E-state index in [1.165, 1.54) is 22.6 Å². The van der Waals surface area contributed by atoms with Gasteiger partial charge in [-0.15, -0.1) is 0 Å². The maximum absolute atomic E-state index is 13.8. The van der Waals surface area contributed by atoms with Crippen LogP contribution < -0.4 is 5.32 Å². The SMILES string of the molecule is CCN(CC)S(=O)(=O)CCNc1c(C#N)cnc2c(C)cc(F)cc12. The number of benzene rings is 1. The first-order chi connectivity index (χ1) is 11.8. The summed E-state index contributed by atoms with van der Waals surface area (Å²) in [7, 11) is -3.38. The second kappa shape index (κ2) is 7.76. The quantitative estimate of drug-likeness (QED) is 0.816. The van der Waals surface area contributed by atoms with Crippen molar-refractivity contribution in [2.45, 2.75) is 20.8 Å². The largest absolute Gasteiger partial charge is 0.382 e. The fraction of sp³-hybridized carbons (Fsp3) is 0.412. The van der Waals surface area contributed by atoms with E-state index in [1.54, 1.807) is 20.8 Å². The summed E-state index contributed by atoms with van der Waals surface area (Å²) in [5.74, 6) is -0.543. The third-order valence-electron chi connectivity index (χ3n) is 4.01. The van der Waals surface area contributed by atoms with Crippen LogP contribution in [0.1, 0.15) is 25.0 Å². The summed E-state index contributed by atoms with van der Waals surface area (Å²) in [4.78, 5) is 4.21. The molecule has 0 amide bonds. The van der Waals surface area contributed by atoms with Gasteiger partial charge in [0.25, 0.3) is 0 Å². The number of aryl methyl sites for hydroxylation is 1. The molecule has 2 rings (SSSR count). The summed E-state index contributed by atoms with van der Waals surface area (Å²) in [5.41, 5.74) is 1.88. The molecule has 1 aromatic carbocycles. The van der Waals surface area contributed by atoms with Crippen molar-refractivity contribution < 1.29 is 12.8 Å². The minimum atomic E-state index is -3.38. The van der Waals surface area contributed by atoms with Gasteiger partial charge in [0.1, 0.15) is 11.9 Å². The Morgan fingerprint density at radius 2 is 2.00 bits per heavy atom. The predicted octanol–water partition coefficient (Wildman–Crippen LogP) is 2.64. The van der Waals surface area contributed by atoms with E-state index in [0.717, 1.165) is 0 Å². The number of hydrogen-bond donors (Lipinski definition) is 1. The fourth-order valence-electron chi connectivity index (χ4n) is 2.76. The zero-order chi connectivity index (χ0) is 18.6. The number of nitriles is 1. The molecule has 0 aliphatic heterocycles. The molecule has 1 aromatic heterocycles. The third kappa shape index (κ3) is 4.06. The van der Waals surface area contributed by atoms with Crippen LogP contribution in [0.25, 0.3) is 10.9 Å². The maximum Gasteiger partial charge on any atom is 0.215 e. The van der Waals surface area contributed by atoms with Gasteiger partial charge in [-0.3, -0.25) is 4.98 Å². The van der Waals surface area contributed by atoms with Crippen LogP contribution in [0.15, 0.2) is 18.3 Å². The van der Waals surface area contributed by atoms with Crippen LogP contribution in [-0.4, -0.2) is 43.1 Å². The van der Waals surface area contributed by atoms with Gasteiger partial charge >= 0.3 is 0 Å². The van der Waals surface area contributed by atoms with Gasteiger partial charge in [-0.25, -0.2) is 17.1 Å². The summed E-state index contributed by atoms with van der Waals surface area (Å²) >= 11 is 0. The van der Waals surface area contributed by atoms with Gasteiger partial charge in [0.05, 0.1) is 22.5 Å². The predicted molar refractivity (Wildman–Crippen MR) is 96.4 cm³/mol. The summed E-state index contributed by atoms with van der Waals surface area (Å²) in [6.45, 7) is 6.23. The van der Waals surface area contributed by atoms with Crippen LogP contribution in [0.5, 0.6) is 0 Å². The molecule has 0 bridgehead atoms. The van der Waals surface area contributed by atoms with E-state index in [1.807, 2.05) is 6.07 Å². The van der Waals surface area contributed by atoms with Crippen molar-refractivity contribution in [3.63, 3.8) is 0 Å². The smallest absolute Gasteiger partial charge is 0.215 e. The standard InChI is InChI=1S/C17H21FN4O2S/c1-4-22(5-2)25(23,24)7-6-20-17-13(10-19)11-21-16-12(3)8-14(18)9-15(16)17/h8-9,11H,4-7H2,1-3H3,(H,20,21). The van der Waals surface area contributed by atoms with Gasteiger partial charge in [-0.2, -0.15) is 5.26 Å². The number of nitrogens with one attached hydrogen (secondary N) is 1. The molecule has 0 aliphatic rings. The topological polar surface area (TPSA) is 86.1 Å². The monoisotopic (exact) mass is 364 g/mol. The Hall–Kier alpha value is -2.24. The fourth-order valence-corrected chi connectivity index (χ4v) is 4.17. The number of sulfonamides is 1. The lowest BCUT2D eigenvalue weighted by atomic mass is 10.1. The normalized spacial score (nSPS) is 11.7. The van der Waals surface area contributed by atoms with Crippen LogP contribution >= 0.6 is 0 Å². The van der Waals surface area contributed by atoms with Crippen LogP contribution in [0, 0.1) is 24.1 Å². The molecule has 8 heteroatoms. The highest BCUT2D eigenvalue weighted by Crippen LogP contribution is 2.28. The number of pyridine rings is 1. The molecule has 0 unspecified atom stereocenters. The third-order valence-corrected chi connectivity index (χ3v) is 6.03. The molecule has 134 valence electrons. The van der Waals surface area contributed by atoms with E-state index in [2.05, 4.69) is 10.3 Å². The molecule has 25 heavy (non-hydrogen) atoms. The van der Waals surface area contributed by atoms with Crippen molar-refractivity contribution in [1.29, 1.82) is 5.26 Å². The summed E-state index contributed by atoms with van der Waals surface area (Å²) in [6, 6.07) is 4.69. The lowest BCUT2D eigenvalue weighted by Crippen LogP contribution is -2.34. The Labute approximate surface area is 147 Å². The first-order valence-corrected chi connectivity index (χ1v) is 9.65. The minimum absolute atomic E-state index is 0.113. The Morgan fingerprint density at radius 1 is 1.32 bits per heavy atom. The van der Waals surface area contributed by atoms with Crippen LogP contribution in [0.4, 0.5) is 10.1 Å². The molecule has 0 atom stereocenters. The van der Waals surface area contributed by atoms with E-state index < -0.39 is 15.8 Å². The molecule has 0 spiro atoms. The van der Waals surface area contributed by atoms with Crippen LogP contribution in [0.2, 0.25) is 0 Å². The summed E-state index contributed by atoms with van der Waals surface area (Å²) in [5, 5.41) is 12.7. The van der Waals surface area contributed by atoms with Crippen LogP contribution in [0.3, 0.4) is 0 Å². The highest BCUT2D eigenvalue weighted by Gasteiger charge is 2.19. The molecule has 0 fully saturated rings. The summed E-state index contributed by atoms with van der Waals surface area (Å²) < 4.78 is 39.7. The van der Waals surface area contributed by atoms with E-state index in [4.69, 9.17) is 0 Å². The van der Waals surface area contributed by atoms with Crippen molar-refractivity contribution in [2.24, 2.45) is 0 Å². The van der Waals surface area contributed by atoms with Crippen molar-refractivity contribution in [1.82, 2.24) is 9.29 Å².